The third-order valence-electron chi connectivity index (χ3n) is 5.59. The van der Waals surface area contributed by atoms with E-state index in [1.54, 1.807) is 43.8 Å². The molecule has 0 atom stereocenters. The number of ether oxygens (including phenoxy) is 1. The first kappa shape index (κ1) is 24.7. The number of nitrogens with one attached hydrogen (secondary N) is 2. The van der Waals surface area contributed by atoms with E-state index in [1.807, 2.05) is 0 Å². The van der Waals surface area contributed by atoms with Gasteiger partial charge in [0.05, 0.1) is 7.11 Å². The summed E-state index contributed by atoms with van der Waals surface area (Å²) in [5.41, 5.74) is 0.459. The molecule has 0 unspecified atom stereocenters. The maximum absolute atomic E-state index is 13.0. The van der Waals surface area contributed by atoms with Gasteiger partial charge in [-0.05, 0) is 70.0 Å². The molecule has 1 saturated heterocycles. The van der Waals surface area contributed by atoms with E-state index in [4.69, 9.17) is 4.74 Å². The Hall–Kier alpha value is -2.58. The van der Waals surface area contributed by atoms with E-state index in [-0.39, 0.29) is 30.8 Å². The van der Waals surface area contributed by atoms with E-state index in [1.165, 1.54) is 4.90 Å². The molecule has 3 rings (SSSR count). The lowest BCUT2D eigenvalue weighted by molar-refractivity contribution is -0.120. The number of benzene rings is 1. The number of hydrogen-bond acceptors (Lipinski definition) is 5. The lowest BCUT2D eigenvalue weighted by Gasteiger charge is -2.34. The number of H-pyrrole nitrogens is 1. The van der Waals surface area contributed by atoms with Crippen molar-refractivity contribution in [3.05, 3.63) is 42.2 Å². The predicted octanol–water partition coefficient (Wildman–Crippen LogP) is 2.72. The van der Waals surface area contributed by atoms with E-state index in [2.05, 4.69) is 34.0 Å². The summed E-state index contributed by atoms with van der Waals surface area (Å²) in [6, 6.07) is 7.36. The number of carbonyl (C=O) groups excluding carboxylic acids is 2. The van der Waals surface area contributed by atoms with Crippen LogP contribution in [-0.4, -0.2) is 66.0 Å². The molecule has 170 valence electrons. The van der Waals surface area contributed by atoms with Gasteiger partial charge in [-0.2, -0.15) is 0 Å². The van der Waals surface area contributed by atoms with Crippen LogP contribution in [0.4, 0.5) is 5.95 Å². The van der Waals surface area contributed by atoms with Crippen molar-refractivity contribution in [1.82, 2.24) is 20.2 Å². The van der Waals surface area contributed by atoms with Crippen LogP contribution in [0, 0.1) is 5.92 Å². The Bertz CT molecular complexity index is 818. The monoisotopic (exact) mass is 449 g/mol. The normalized spacial score (nSPS) is 14.7. The Morgan fingerprint density at radius 2 is 1.94 bits per heavy atom. The van der Waals surface area contributed by atoms with Crippen LogP contribution in [0.15, 0.2) is 36.7 Å². The number of amides is 2. The van der Waals surface area contributed by atoms with Gasteiger partial charge in [-0.1, -0.05) is 0 Å². The van der Waals surface area contributed by atoms with Gasteiger partial charge in [-0.3, -0.25) is 14.5 Å². The van der Waals surface area contributed by atoms with Crippen LogP contribution in [-0.2, 0) is 4.79 Å². The lowest BCUT2D eigenvalue weighted by Crippen LogP contribution is -2.45. The third-order valence-corrected chi connectivity index (χ3v) is 5.59. The predicted molar refractivity (Wildman–Crippen MR) is 123 cm³/mol. The van der Waals surface area contributed by atoms with E-state index in [0.717, 1.165) is 25.9 Å². The highest BCUT2D eigenvalue weighted by atomic mass is 35.5. The van der Waals surface area contributed by atoms with Gasteiger partial charge in [-0.25, -0.2) is 4.98 Å². The van der Waals surface area contributed by atoms with Gasteiger partial charge in [0.1, 0.15) is 12.3 Å². The molecular weight excluding hydrogens is 418 g/mol. The van der Waals surface area contributed by atoms with Gasteiger partial charge in [0.25, 0.3) is 5.91 Å². The minimum absolute atomic E-state index is 0. The number of aromatic amines is 1. The molecular formula is C22H32ClN5O3. The summed E-state index contributed by atoms with van der Waals surface area (Å²) in [4.78, 5) is 36.6. The Balaban J connectivity index is 0.00000341. The quantitative estimate of drug-likeness (QED) is 0.646. The maximum atomic E-state index is 13.0. The number of hydrogen-bond donors (Lipinski definition) is 2. The first-order valence-corrected chi connectivity index (χ1v) is 10.4. The maximum Gasteiger partial charge on any atom is 0.261 e. The van der Waals surface area contributed by atoms with Gasteiger partial charge in [0.2, 0.25) is 11.9 Å². The van der Waals surface area contributed by atoms with Gasteiger partial charge < -0.3 is 19.9 Å². The van der Waals surface area contributed by atoms with E-state index in [9.17, 15) is 9.59 Å². The average molecular weight is 450 g/mol. The topological polar surface area (TPSA) is 90.6 Å². The molecule has 0 aliphatic carbocycles. The zero-order valence-corrected chi connectivity index (χ0v) is 19.2. The molecule has 1 aromatic heterocycles. The molecule has 2 N–H and O–H groups in total. The van der Waals surface area contributed by atoms with Crippen molar-refractivity contribution in [2.45, 2.75) is 32.7 Å². The SMILES string of the molecule is COc1ccc(C(=O)N(CC(=O)NCC2CCN(C(C)C)CC2)c2ncc[nH]2)cc1.Cl. The highest BCUT2D eigenvalue weighted by Crippen LogP contribution is 2.19. The second kappa shape index (κ2) is 11.7. The fraction of sp³-hybridized carbons (Fsp3) is 0.500. The molecule has 8 nitrogen and oxygen atoms in total. The number of nitrogens with zero attached hydrogens (tertiary/aromatic N) is 3. The summed E-state index contributed by atoms with van der Waals surface area (Å²) < 4.78 is 5.14. The largest absolute Gasteiger partial charge is 0.497 e. The van der Waals surface area contributed by atoms with Crippen LogP contribution < -0.4 is 15.0 Å². The highest BCUT2D eigenvalue weighted by molar-refractivity contribution is 6.07. The average Bonchev–Trinajstić information content (AvgIpc) is 3.30. The molecule has 0 bridgehead atoms. The molecule has 0 saturated carbocycles. The van der Waals surface area contributed by atoms with Crippen LogP contribution in [0.2, 0.25) is 0 Å². The van der Waals surface area contributed by atoms with Gasteiger partial charge in [0.15, 0.2) is 0 Å². The molecule has 0 radical (unpaired) electrons. The summed E-state index contributed by atoms with van der Waals surface area (Å²) in [6.07, 6.45) is 5.34. The van der Waals surface area contributed by atoms with Crippen molar-refractivity contribution < 1.29 is 14.3 Å². The second-order valence-electron chi connectivity index (χ2n) is 7.91. The Kier molecular flexibility index (Phi) is 9.33. The number of halogens is 1. The summed E-state index contributed by atoms with van der Waals surface area (Å²) in [5.74, 6) is 0.986. The zero-order valence-electron chi connectivity index (χ0n) is 18.3. The molecule has 31 heavy (non-hydrogen) atoms. The van der Waals surface area contributed by atoms with Crippen molar-refractivity contribution in [3.63, 3.8) is 0 Å². The van der Waals surface area contributed by atoms with E-state index >= 15 is 0 Å². The number of anilines is 1. The number of piperidine rings is 1. The van der Waals surface area contributed by atoms with E-state index in [0.29, 0.717) is 35.8 Å². The summed E-state index contributed by atoms with van der Waals surface area (Å²) >= 11 is 0. The number of rotatable bonds is 8. The summed E-state index contributed by atoms with van der Waals surface area (Å²) in [7, 11) is 1.57. The summed E-state index contributed by atoms with van der Waals surface area (Å²) in [5, 5.41) is 3.00. The van der Waals surface area contributed by atoms with Crippen LogP contribution in [0.1, 0.15) is 37.0 Å². The van der Waals surface area contributed by atoms with E-state index < -0.39 is 0 Å². The molecule has 1 aliphatic rings. The molecule has 1 aromatic carbocycles. The number of imidazole rings is 1. The van der Waals surface area contributed by atoms with Gasteiger partial charge in [-0.15, -0.1) is 12.4 Å². The number of methoxy groups -OCH3 is 1. The van der Waals surface area contributed by atoms with Crippen molar-refractivity contribution in [2.24, 2.45) is 5.92 Å². The van der Waals surface area contributed by atoms with Crippen molar-refractivity contribution >= 4 is 30.2 Å². The first-order valence-electron chi connectivity index (χ1n) is 10.4. The Morgan fingerprint density at radius 3 is 2.48 bits per heavy atom. The van der Waals surface area contributed by atoms with Gasteiger partial charge >= 0.3 is 0 Å². The molecule has 1 aliphatic heterocycles. The van der Waals surface area contributed by atoms with Crippen LogP contribution in [0.25, 0.3) is 0 Å². The number of likely N-dealkylation sites (tertiary alicyclic amines) is 1. The van der Waals surface area contributed by atoms with Crippen molar-refractivity contribution in [2.75, 3.05) is 38.2 Å². The number of aromatic nitrogens is 2. The van der Waals surface area contributed by atoms with Gasteiger partial charge in [0, 0.05) is 30.5 Å². The molecule has 9 heteroatoms. The molecule has 2 heterocycles. The van der Waals surface area contributed by atoms with Crippen molar-refractivity contribution in [1.29, 1.82) is 0 Å². The molecule has 2 aromatic rings. The minimum atomic E-state index is -0.298. The zero-order chi connectivity index (χ0) is 21.5. The van der Waals surface area contributed by atoms with Crippen molar-refractivity contribution in [3.8, 4) is 5.75 Å². The smallest absolute Gasteiger partial charge is 0.261 e. The molecule has 2 amide bonds. The standard InChI is InChI=1S/C22H31N5O3.ClH/c1-16(2)26-12-8-17(9-13-26)14-25-20(28)15-27(22-23-10-11-24-22)21(29)18-4-6-19(30-3)7-5-18;/h4-7,10-11,16-17H,8-9,12-15H2,1-3H3,(H,23,24)(H,25,28);1H. The summed E-state index contributed by atoms with van der Waals surface area (Å²) in [6.45, 7) is 7.09. The minimum Gasteiger partial charge on any atom is -0.497 e. The Labute approximate surface area is 189 Å². The number of carbonyl (C=O) groups is 2. The third kappa shape index (κ3) is 6.70. The van der Waals surface area contributed by atoms with Crippen LogP contribution >= 0.6 is 12.4 Å². The van der Waals surface area contributed by atoms with Crippen LogP contribution in [0.5, 0.6) is 5.75 Å². The molecule has 0 spiro atoms. The van der Waals surface area contributed by atoms with Crippen LogP contribution in [0.3, 0.4) is 0 Å². The lowest BCUT2D eigenvalue weighted by atomic mass is 9.96. The fourth-order valence-electron chi connectivity index (χ4n) is 3.67. The fourth-order valence-corrected chi connectivity index (χ4v) is 3.67. The first-order chi connectivity index (χ1) is 14.5. The Morgan fingerprint density at radius 1 is 1.26 bits per heavy atom. The second-order valence-corrected chi connectivity index (χ2v) is 7.91. The highest BCUT2D eigenvalue weighted by Gasteiger charge is 2.24. The molecule has 1 fully saturated rings.